The first kappa shape index (κ1) is 15.4. The normalized spacial score (nSPS) is 12.2. The zero-order valence-electron chi connectivity index (χ0n) is 9.35. The molecule has 102 valence electrons. The maximum Gasteiger partial charge on any atom is 0.350 e. The van der Waals surface area contributed by atoms with Gasteiger partial charge in [-0.2, -0.15) is 8.42 Å². The second kappa shape index (κ2) is 5.12. The third-order valence-electron chi connectivity index (χ3n) is 1.55. The molecule has 1 aromatic rings. The van der Waals surface area contributed by atoms with Crippen LogP contribution in [0.1, 0.15) is 0 Å². The largest absolute Gasteiger partial charge is 0.506 e. The molecule has 18 heavy (non-hydrogen) atoms. The fourth-order valence-corrected chi connectivity index (χ4v) is 3.98. The highest BCUT2D eigenvalue weighted by Gasteiger charge is 2.14. The Bertz CT molecular complexity index is 685. The molecule has 0 saturated heterocycles. The van der Waals surface area contributed by atoms with E-state index in [1.807, 2.05) is 4.72 Å². The number of anilines is 1. The number of benzene rings is 1. The van der Waals surface area contributed by atoms with Gasteiger partial charge in [0.25, 0.3) is 0 Å². The minimum atomic E-state index is -4.18. The molecule has 0 aliphatic rings. The van der Waals surface area contributed by atoms with Crippen molar-refractivity contribution in [2.45, 2.75) is 0 Å². The first-order valence-electron chi connectivity index (χ1n) is 4.39. The highest BCUT2D eigenvalue weighted by Crippen LogP contribution is 2.33. The van der Waals surface area contributed by atoms with E-state index in [9.17, 15) is 17.7 Å². The van der Waals surface area contributed by atoms with Gasteiger partial charge in [-0.3, -0.25) is 4.72 Å². The van der Waals surface area contributed by atoms with E-state index in [-0.39, 0.29) is 21.5 Å². The summed E-state index contributed by atoms with van der Waals surface area (Å²) in [5.74, 6) is -0.340. The van der Waals surface area contributed by atoms with Crippen molar-refractivity contribution < 1.29 is 17.7 Å². The number of phenolic OH excluding ortho intramolecular Hbond substituents is 1. The lowest BCUT2D eigenvalue weighted by Gasteiger charge is -2.08. The van der Waals surface area contributed by atoms with Crippen LogP contribution in [0, 0.1) is 0 Å². The van der Waals surface area contributed by atoms with Gasteiger partial charge >= 0.3 is 10.2 Å². The van der Waals surface area contributed by atoms with E-state index in [2.05, 4.69) is 3.77 Å². The Balaban J connectivity index is 3.22. The molecule has 0 heterocycles. The van der Waals surface area contributed by atoms with E-state index in [4.69, 9.17) is 23.2 Å². The Kier molecular flexibility index (Phi) is 4.37. The first-order valence-corrected chi connectivity index (χ1v) is 8.92. The van der Waals surface area contributed by atoms with Crippen molar-refractivity contribution >= 4 is 48.8 Å². The van der Waals surface area contributed by atoms with Gasteiger partial charge in [0.1, 0.15) is 5.75 Å². The lowest BCUT2D eigenvalue weighted by molar-refractivity contribution is 0.476. The molecule has 0 aliphatic carbocycles. The molecule has 0 aromatic heterocycles. The molecule has 2 N–H and O–H groups in total. The topological polar surface area (TPSA) is 95.8 Å². The minimum Gasteiger partial charge on any atom is -0.506 e. The lowest BCUT2D eigenvalue weighted by atomic mass is 10.3. The van der Waals surface area contributed by atoms with E-state index in [1.165, 1.54) is 18.6 Å². The van der Waals surface area contributed by atoms with Gasteiger partial charge in [0.15, 0.2) is 0 Å². The number of nitrogens with zero attached hydrogens (tertiary/aromatic N) is 1. The van der Waals surface area contributed by atoms with Gasteiger partial charge < -0.3 is 5.11 Å². The van der Waals surface area contributed by atoms with E-state index >= 15 is 0 Å². The predicted octanol–water partition coefficient (Wildman–Crippen LogP) is 2.08. The summed E-state index contributed by atoms with van der Waals surface area (Å²) in [6.45, 7) is 0. The summed E-state index contributed by atoms with van der Waals surface area (Å²) < 4.78 is 39.5. The zero-order chi connectivity index (χ0) is 14.1. The highest BCUT2D eigenvalue weighted by atomic mass is 35.5. The van der Waals surface area contributed by atoms with Crippen molar-refractivity contribution in [3.05, 3.63) is 22.2 Å². The molecule has 1 rings (SSSR count). The van der Waals surface area contributed by atoms with Crippen molar-refractivity contribution in [1.29, 1.82) is 0 Å². The number of halogens is 2. The fraction of sp³-hybridized carbons (Fsp3) is 0.250. The molecular formula is C8H10Cl2N2O4S2. The molecule has 0 amide bonds. The molecule has 0 spiro atoms. The predicted molar refractivity (Wildman–Crippen MR) is 73.1 cm³/mol. The van der Waals surface area contributed by atoms with Crippen molar-refractivity contribution in [3.8, 4) is 5.75 Å². The summed E-state index contributed by atoms with van der Waals surface area (Å²) in [6.07, 6.45) is 2.35. The maximum absolute atomic E-state index is 11.5. The van der Waals surface area contributed by atoms with Crippen LogP contribution in [0.4, 0.5) is 5.69 Å². The monoisotopic (exact) mass is 332 g/mol. The second-order valence-electron chi connectivity index (χ2n) is 3.62. The minimum absolute atomic E-state index is 0.0183. The molecular weight excluding hydrogens is 323 g/mol. The average Bonchev–Trinajstić information content (AvgIpc) is 2.09. The van der Waals surface area contributed by atoms with Gasteiger partial charge in [0.2, 0.25) is 0 Å². The summed E-state index contributed by atoms with van der Waals surface area (Å²) in [5.41, 5.74) is -0.106. The molecule has 6 nitrogen and oxygen atoms in total. The molecule has 0 unspecified atom stereocenters. The van der Waals surface area contributed by atoms with Crippen LogP contribution in [-0.4, -0.2) is 30.2 Å². The summed E-state index contributed by atoms with van der Waals surface area (Å²) in [5, 5.41) is 9.30. The van der Waals surface area contributed by atoms with Gasteiger partial charge in [-0.15, -0.1) is 0 Å². The first-order chi connectivity index (χ1) is 8.00. The summed E-state index contributed by atoms with van der Waals surface area (Å²) in [7, 11) is -7.02. The number of hydrogen-bond acceptors (Lipinski definition) is 4. The van der Waals surface area contributed by atoms with Crippen molar-refractivity contribution in [2.75, 3.05) is 17.2 Å². The fourth-order valence-electron chi connectivity index (χ4n) is 1.01. The van der Waals surface area contributed by atoms with E-state index in [0.29, 0.717) is 0 Å². The molecule has 0 bridgehead atoms. The SMILES string of the molecule is CS(C)(=O)=NS(=O)(=O)Nc1cc(O)c(Cl)cc1Cl. The Morgan fingerprint density at radius 3 is 2.22 bits per heavy atom. The Morgan fingerprint density at radius 2 is 1.72 bits per heavy atom. The Hall–Kier alpha value is -0.700. The summed E-state index contributed by atoms with van der Waals surface area (Å²) in [4.78, 5) is 0. The van der Waals surface area contributed by atoms with Crippen LogP contribution in [0.15, 0.2) is 15.9 Å². The van der Waals surface area contributed by atoms with E-state index < -0.39 is 19.9 Å². The van der Waals surface area contributed by atoms with Gasteiger partial charge in [-0.1, -0.05) is 27.0 Å². The summed E-state index contributed by atoms with van der Waals surface area (Å²) >= 11 is 11.3. The van der Waals surface area contributed by atoms with Crippen LogP contribution in [0.2, 0.25) is 10.0 Å². The number of nitrogens with one attached hydrogen (secondary N) is 1. The summed E-state index contributed by atoms with van der Waals surface area (Å²) in [6, 6.07) is 2.20. The standard InChI is InChI=1S/C8H10Cl2N2O4S2/c1-17(2,14)12-18(15,16)11-7-4-8(13)6(10)3-5(7)9/h3-4,11,13H,1-2H3. The van der Waals surface area contributed by atoms with Gasteiger partial charge in [-0.05, 0) is 6.07 Å². The zero-order valence-corrected chi connectivity index (χ0v) is 12.5. The van der Waals surface area contributed by atoms with Crippen molar-refractivity contribution in [1.82, 2.24) is 0 Å². The van der Waals surface area contributed by atoms with Gasteiger partial charge in [0.05, 0.1) is 25.5 Å². The molecule has 0 aliphatic heterocycles. The number of phenols is 1. The van der Waals surface area contributed by atoms with Crippen LogP contribution in [0.25, 0.3) is 0 Å². The van der Waals surface area contributed by atoms with Crippen LogP contribution in [-0.2, 0) is 19.9 Å². The molecule has 10 heteroatoms. The smallest absolute Gasteiger partial charge is 0.350 e. The lowest BCUT2D eigenvalue weighted by Crippen LogP contribution is -2.12. The Labute approximate surface area is 115 Å². The van der Waals surface area contributed by atoms with E-state index in [0.717, 1.165) is 6.07 Å². The average molecular weight is 333 g/mol. The molecule has 0 saturated carbocycles. The molecule has 0 atom stereocenters. The van der Waals surface area contributed by atoms with Crippen LogP contribution >= 0.6 is 23.2 Å². The number of hydrogen-bond donors (Lipinski definition) is 2. The van der Waals surface area contributed by atoms with Crippen molar-refractivity contribution in [3.63, 3.8) is 0 Å². The van der Waals surface area contributed by atoms with Crippen LogP contribution < -0.4 is 4.72 Å². The molecule has 1 aromatic carbocycles. The van der Waals surface area contributed by atoms with Crippen molar-refractivity contribution in [2.24, 2.45) is 3.77 Å². The van der Waals surface area contributed by atoms with Gasteiger partial charge in [0, 0.05) is 18.6 Å². The van der Waals surface area contributed by atoms with Crippen LogP contribution in [0.5, 0.6) is 5.75 Å². The number of rotatable bonds is 3. The third-order valence-corrected chi connectivity index (χ3v) is 4.87. The molecule has 0 radical (unpaired) electrons. The quantitative estimate of drug-likeness (QED) is 0.885. The van der Waals surface area contributed by atoms with Gasteiger partial charge in [-0.25, -0.2) is 4.21 Å². The highest BCUT2D eigenvalue weighted by molar-refractivity contribution is 8.03. The number of aromatic hydroxyl groups is 1. The second-order valence-corrected chi connectivity index (χ2v) is 8.54. The Morgan fingerprint density at radius 1 is 1.17 bits per heavy atom. The van der Waals surface area contributed by atoms with Crippen LogP contribution in [0.3, 0.4) is 0 Å². The molecule has 0 fully saturated rings. The third kappa shape index (κ3) is 4.52. The maximum atomic E-state index is 11.5. The van der Waals surface area contributed by atoms with E-state index in [1.54, 1.807) is 0 Å².